The van der Waals surface area contributed by atoms with E-state index in [9.17, 15) is 4.79 Å². The molecule has 7 atom stereocenters. The van der Waals surface area contributed by atoms with Crippen molar-refractivity contribution in [1.82, 2.24) is 0 Å². The molecule has 5 aliphatic rings. The molecule has 212 valence electrons. The Balaban J connectivity index is 0.928. The summed E-state index contributed by atoms with van der Waals surface area (Å²) in [4.78, 5) is 12.8. The van der Waals surface area contributed by atoms with Gasteiger partial charge in [0.25, 0.3) is 0 Å². The Morgan fingerprint density at radius 3 is 1.97 bits per heavy atom. The van der Waals surface area contributed by atoms with Crippen LogP contribution in [0.2, 0.25) is 0 Å². The molecule has 0 aromatic heterocycles. The van der Waals surface area contributed by atoms with Crippen LogP contribution in [0.25, 0.3) is 0 Å². The number of esters is 1. The molecule has 0 aromatic carbocycles. The summed E-state index contributed by atoms with van der Waals surface area (Å²) < 4.78 is 18.8. The van der Waals surface area contributed by atoms with Gasteiger partial charge in [0, 0.05) is 6.42 Å². The molecule has 0 amide bonds. The average molecular weight is 517 g/mol. The van der Waals surface area contributed by atoms with Crippen molar-refractivity contribution >= 4 is 5.97 Å². The maximum Gasteiger partial charge on any atom is 0.308 e. The van der Waals surface area contributed by atoms with E-state index in [0.717, 1.165) is 19.3 Å². The minimum absolute atomic E-state index is 0.0635. The lowest BCUT2D eigenvalue weighted by atomic mass is 9.64. The number of fused-ring (bicyclic) bond motifs is 3. The van der Waals surface area contributed by atoms with E-state index in [1.807, 2.05) is 0 Å². The zero-order valence-electron chi connectivity index (χ0n) is 24.6. The number of hydrogen-bond acceptors (Lipinski definition) is 4. The second-order valence-electron chi connectivity index (χ2n) is 14.7. The van der Waals surface area contributed by atoms with E-state index in [-0.39, 0.29) is 22.4 Å². The predicted molar refractivity (Wildman–Crippen MR) is 148 cm³/mol. The Morgan fingerprint density at radius 2 is 1.38 bits per heavy atom. The minimum Gasteiger partial charge on any atom is -0.435 e. The van der Waals surface area contributed by atoms with Crippen LogP contribution in [0.15, 0.2) is 0 Å². The fraction of sp³-hybridized carbons (Fsp3) is 0.970. The molecule has 37 heavy (non-hydrogen) atoms. The summed E-state index contributed by atoms with van der Waals surface area (Å²) in [5.74, 6) is 1.28. The Kier molecular flexibility index (Phi) is 8.39. The molecule has 3 saturated carbocycles. The number of hydrogen-bond donors (Lipinski definition) is 0. The first kappa shape index (κ1) is 27.9. The molecule has 0 aromatic rings. The maximum absolute atomic E-state index is 12.8. The summed E-state index contributed by atoms with van der Waals surface area (Å²) in [7, 11) is 0. The maximum atomic E-state index is 12.8. The van der Waals surface area contributed by atoms with Gasteiger partial charge in [-0.25, -0.2) is 0 Å². The first-order valence-corrected chi connectivity index (χ1v) is 16.3. The van der Waals surface area contributed by atoms with Gasteiger partial charge in [0.15, 0.2) is 0 Å². The zero-order valence-corrected chi connectivity index (χ0v) is 24.6. The fourth-order valence-corrected chi connectivity index (χ4v) is 9.33. The van der Waals surface area contributed by atoms with Gasteiger partial charge in [-0.05, 0) is 48.3 Å². The third-order valence-corrected chi connectivity index (χ3v) is 11.4. The molecule has 5 fully saturated rings. The Hall–Kier alpha value is -0.610. The van der Waals surface area contributed by atoms with Crippen LogP contribution >= 0.6 is 0 Å². The highest BCUT2D eigenvalue weighted by Crippen LogP contribution is 2.88. The van der Waals surface area contributed by atoms with E-state index in [4.69, 9.17) is 14.2 Å². The van der Waals surface area contributed by atoms with Gasteiger partial charge in [-0.2, -0.15) is 0 Å². The topological polar surface area (TPSA) is 48.1 Å². The van der Waals surface area contributed by atoms with Crippen LogP contribution in [0.1, 0.15) is 150 Å². The largest absolute Gasteiger partial charge is 0.435 e. The molecule has 5 rings (SSSR count). The van der Waals surface area contributed by atoms with E-state index >= 15 is 0 Å². The van der Waals surface area contributed by atoms with Gasteiger partial charge in [-0.3, -0.25) is 4.79 Å². The zero-order chi connectivity index (χ0) is 26.2. The van der Waals surface area contributed by atoms with Crippen LogP contribution in [0.3, 0.4) is 0 Å². The van der Waals surface area contributed by atoms with Gasteiger partial charge >= 0.3 is 5.97 Å². The lowest BCUT2D eigenvalue weighted by molar-refractivity contribution is -0.182. The minimum atomic E-state index is -0.393. The second kappa shape index (κ2) is 11.1. The normalized spacial score (nSPS) is 40.0. The van der Waals surface area contributed by atoms with E-state index in [1.165, 1.54) is 96.3 Å². The van der Waals surface area contributed by atoms with Gasteiger partial charge in [0.05, 0.1) is 18.1 Å². The summed E-state index contributed by atoms with van der Waals surface area (Å²) >= 11 is 0. The third kappa shape index (κ3) is 5.17. The van der Waals surface area contributed by atoms with Crippen molar-refractivity contribution in [2.24, 2.45) is 28.1 Å². The van der Waals surface area contributed by atoms with Crippen LogP contribution in [-0.4, -0.2) is 30.6 Å². The van der Waals surface area contributed by atoms with Crippen molar-refractivity contribution in [2.45, 2.75) is 168 Å². The Labute approximate surface area is 227 Å². The van der Waals surface area contributed by atoms with Crippen LogP contribution < -0.4 is 0 Å². The van der Waals surface area contributed by atoms with Crippen LogP contribution in [0.4, 0.5) is 0 Å². The molecule has 0 N–H and O–H groups in total. The smallest absolute Gasteiger partial charge is 0.308 e. The summed E-state index contributed by atoms with van der Waals surface area (Å²) in [6.45, 7) is 10.2. The summed E-state index contributed by atoms with van der Waals surface area (Å²) in [6.07, 6.45) is 24.2. The van der Waals surface area contributed by atoms with Gasteiger partial charge in [0.2, 0.25) is 6.29 Å². The van der Waals surface area contributed by atoms with Gasteiger partial charge in [-0.15, -0.1) is 0 Å². The molecule has 0 bridgehead atoms. The second-order valence-corrected chi connectivity index (χ2v) is 14.7. The molecular formula is C33H56O4. The molecular weight excluding hydrogens is 460 g/mol. The molecule has 2 heterocycles. The molecule has 4 heteroatoms. The van der Waals surface area contributed by atoms with Gasteiger partial charge in [0.1, 0.15) is 5.60 Å². The van der Waals surface area contributed by atoms with Crippen LogP contribution in [0.5, 0.6) is 0 Å². The van der Waals surface area contributed by atoms with Crippen molar-refractivity contribution in [1.29, 1.82) is 0 Å². The molecule has 2 spiro atoms. The van der Waals surface area contributed by atoms with Crippen molar-refractivity contribution in [3.8, 4) is 0 Å². The lowest BCUT2D eigenvalue weighted by Crippen LogP contribution is -2.46. The van der Waals surface area contributed by atoms with Gasteiger partial charge < -0.3 is 14.2 Å². The number of ether oxygens (including phenoxy) is 3. The fourth-order valence-electron chi connectivity index (χ4n) is 9.33. The Morgan fingerprint density at radius 1 is 0.811 bits per heavy atom. The monoisotopic (exact) mass is 516 g/mol. The van der Waals surface area contributed by atoms with E-state index in [2.05, 4.69) is 27.7 Å². The highest BCUT2D eigenvalue weighted by molar-refractivity contribution is 5.69. The molecule has 1 unspecified atom stereocenters. The summed E-state index contributed by atoms with van der Waals surface area (Å²) in [5, 5.41) is 0. The third-order valence-electron chi connectivity index (χ3n) is 11.4. The van der Waals surface area contributed by atoms with Gasteiger partial charge in [-0.1, -0.05) is 118 Å². The van der Waals surface area contributed by atoms with Crippen molar-refractivity contribution in [3.63, 3.8) is 0 Å². The number of carbonyl (C=O) groups is 1. The van der Waals surface area contributed by atoms with E-state index in [1.54, 1.807) is 0 Å². The molecule has 0 radical (unpaired) electrons. The first-order valence-electron chi connectivity index (χ1n) is 16.3. The summed E-state index contributed by atoms with van der Waals surface area (Å²) in [5.41, 5.74) is 0.350. The molecule has 3 aliphatic carbocycles. The van der Waals surface area contributed by atoms with Crippen LogP contribution in [-0.2, 0) is 19.0 Å². The molecule has 2 aliphatic heterocycles. The number of carbonyl (C=O) groups excluding carboxylic acids is 1. The van der Waals surface area contributed by atoms with Crippen molar-refractivity contribution in [2.75, 3.05) is 6.61 Å². The number of unbranched alkanes of at least 4 members (excludes halogenated alkanes) is 14. The van der Waals surface area contributed by atoms with Crippen molar-refractivity contribution < 1.29 is 19.0 Å². The number of rotatable bonds is 17. The van der Waals surface area contributed by atoms with Crippen molar-refractivity contribution in [3.05, 3.63) is 0 Å². The van der Waals surface area contributed by atoms with Crippen LogP contribution in [0, 0.1) is 28.1 Å². The van der Waals surface area contributed by atoms with E-state index < -0.39 is 6.29 Å². The SMILES string of the molecule is CCCCCCCCCCCCCCCCCC(=O)OC1OC[C@]23O[C@H]2[C@@H]2CC(C)(C)C[C@@H]2[C@@]2(C)C[C@@]132. The standard InChI is InChI=1S/C33H56O4/c1-5-6-7-8-9-10-11-12-13-14-15-16-17-18-19-20-27(34)36-29-32-23-31(32,4)26-22-30(2,3)21-25(26)28-33(32,37-28)24-35-29/h25-26,28-29H,5-24H2,1-4H3/t25-,26+,28+,29?,31-,32+,33+/m1/s1. The highest BCUT2D eigenvalue weighted by atomic mass is 16.7. The predicted octanol–water partition coefficient (Wildman–Crippen LogP) is 8.75. The quantitative estimate of drug-likeness (QED) is 0.110. The number of epoxide rings is 1. The average Bonchev–Trinajstić information content (AvgIpc) is 3.67. The molecule has 2 saturated heterocycles. The highest BCUT2D eigenvalue weighted by Gasteiger charge is 2.95. The lowest BCUT2D eigenvalue weighted by Gasteiger charge is -2.37. The van der Waals surface area contributed by atoms with E-state index in [0.29, 0.717) is 36.4 Å². The Bertz CT molecular complexity index is 793. The first-order chi connectivity index (χ1) is 17.8. The molecule has 4 nitrogen and oxygen atoms in total. The summed E-state index contributed by atoms with van der Waals surface area (Å²) in [6, 6.07) is 0.